The molecule has 1 aliphatic rings. The maximum absolute atomic E-state index is 11.6. The normalized spacial score (nSPS) is 22.8. The van der Waals surface area contributed by atoms with E-state index in [1.54, 1.807) is 14.2 Å². The molecule has 0 aromatic heterocycles. The van der Waals surface area contributed by atoms with E-state index in [1.165, 1.54) is 0 Å². The number of primary amides is 1. The number of hydrogen-bond acceptors (Lipinski definition) is 4. The molecule has 0 bridgehead atoms. The van der Waals surface area contributed by atoms with Crippen molar-refractivity contribution in [1.82, 2.24) is 5.32 Å². The van der Waals surface area contributed by atoms with Gasteiger partial charge in [0.05, 0.1) is 20.1 Å². The number of methoxy groups -OCH3 is 2. The Balaban J connectivity index is 2.41. The van der Waals surface area contributed by atoms with Crippen LogP contribution in [0.25, 0.3) is 0 Å². The van der Waals surface area contributed by atoms with E-state index in [1.807, 2.05) is 18.2 Å². The summed E-state index contributed by atoms with van der Waals surface area (Å²) < 4.78 is 10.7. The molecule has 2 unspecified atom stereocenters. The van der Waals surface area contributed by atoms with Crippen LogP contribution in [0, 0.1) is 5.92 Å². The summed E-state index contributed by atoms with van der Waals surface area (Å²) in [6.45, 7) is 0.870. The summed E-state index contributed by atoms with van der Waals surface area (Å²) in [5.74, 6) is 0.836. The Labute approximate surface area is 113 Å². The summed E-state index contributed by atoms with van der Waals surface area (Å²) in [5.41, 5.74) is 6.43. The molecule has 1 aromatic carbocycles. The number of carbonyl (C=O) groups excluding carboxylic acids is 1. The lowest BCUT2D eigenvalue weighted by molar-refractivity contribution is -0.123. The van der Waals surface area contributed by atoms with Crippen molar-refractivity contribution in [1.29, 1.82) is 0 Å². The van der Waals surface area contributed by atoms with Gasteiger partial charge in [-0.2, -0.15) is 0 Å². The van der Waals surface area contributed by atoms with Gasteiger partial charge in [-0.25, -0.2) is 0 Å². The third kappa shape index (κ3) is 2.66. The predicted molar refractivity (Wildman–Crippen MR) is 72.2 cm³/mol. The number of amides is 1. The van der Waals surface area contributed by atoms with Gasteiger partial charge < -0.3 is 20.5 Å². The van der Waals surface area contributed by atoms with E-state index in [0.717, 1.165) is 24.9 Å². The fourth-order valence-electron chi connectivity index (χ4n) is 2.68. The monoisotopic (exact) mass is 264 g/mol. The molecule has 19 heavy (non-hydrogen) atoms. The third-order valence-corrected chi connectivity index (χ3v) is 3.59. The van der Waals surface area contributed by atoms with Gasteiger partial charge in [-0.05, 0) is 25.5 Å². The summed E-state index contributed by atoms with van der Waals surface area (Å²) in [6.07, 6.45) is 1.75. The molecule has 5 heteroatoms. The fraction of sp³-hybridized carbons (Fsp3) is 0.500. The molecule has 1 aromatic rings. The van der Waals surface area contributed by atoms with Crippen molar-refractivity contribution >= 4 is 5.91 Å². The summed E-state index contributed by atoms with van der Waals surface area (Å²) in [4.78, 5) is 11.6. The first-order valence-corrected chi connectivity index (χ1v) is 6.42. The van der Waals surface area contributed by atoms with Crippen molar-refractivity contribution in [2.75, 3.05) is 20.8 Å². The first-order chi connectivity index (χ1) is 9.19. The molecular formula is C14H20N2O3. The van der Waals surface area contributed by atoms with Crippen molar-refractivity contribution in [3.63, 3.8) is 0 Å². The highest BCUT2D eigenvalue weighted by molar-refractivity contribution is 5.78. The van der Waals surface area contributed by atoms with Gasteiger partial charge in [0.2, 0.25) is 5.91 Å². The first-order valence-electron chi connectivity index (χ1n) is 6.42. The Bertz CT molecular complexity index is 462. The minimum atomic E-state index is -0.276. The molecule has 104 valence electrons. The zero-order valence-corrected chi connectivity index (χ0v) is 11.3. The number of carbonyl (C=O) groups is 1. The largest absolute Gasteiger partial charge is 0.493 e. The molecule has 2 atom stereocenters. The molecule has 1 fully saturated rings. The van der Waals surface area contributed by atoms with Gasteiger partial charge >= 0.3 is 0 Å². The number of nitrogens with one attached hydrogen (secondary N) is 1. The SMILES string of the molecule is COc1cccc(C2NCCCC2C(N)=O)c1OC. The fourth-order valence-corrected chi connectivity index (χ4v) is 2.68. The van der Waals surface area contributed by atoms with E-state index in [4.69, 9.17) is 15.2 Å². The lowest BCUT2D eigenvalue weighted by Crippen LogP contribution is -2.41. The smallest absolute Gasteiger partial charge is 0.222 e. The highest BCUT2D eigenvalue weighted by atomic mass is 16.5. The molecule has 1 amide bonds. The predicted octanol–water partition coefficient (Wildman–Crippen LogP) is 1.23. The van der Waals surface area contributed by atoms with Crippen molar-refractivity contribution in [3.05, 3.63) is 23.8 Å². The molecule has 5 nitrogen and oxygen atoms in total. The minimum Gasteiger partial charge on any atom is -0.493 e. The number of hydrogen-bond donors (Lipinski definition) is 2. The lowest BCUT2D eigenvalue weighted by atomic mass is 9.85. The summed E-state index contributed by atoms with van der Waals surface area (Å²) in [7, 11) is 3.20. The van der Waals surface area contributed by atoms with Crippen molar-refractivity contribution in [3.8, 4) is 11.5 Å². The Hall–Kier alpha value is -1.75. The van der Waals surface area contributed by atoms with Crippen molar-refractivity contribution in [2.45, 2.75) is 18.9 Å². The second kappa shape index (κ2) is 5.93. The van der Waals surface area contributed by atoms with Crippen LogP contribution in [0.2, 0.25) is 0 Å². The van der Waals surface area contributed by atoms with Gasteiger partial charge in [0, 0.05) is 11.6 Å². The van der Waals surface area contributed by atoms with Crippen LogP contribution < -0.4 is 20.5 Å². The van der Waals surface area contributed by atoms with E-state index in [9.17, 15) is 4.79 Å². The molecule has 0 saturated carbocycles. The van der Waals surface area contributed by atoms with Crippen LogP contribution >= 0.6 is 0 Å². The van der Waals surface area contributed by atoms with Gasteiger partial charge in [0.1, 0.15) is 0 Å². The lowest BCUT2D eigenvalue weighted by Gasteiger charge is -2.32. The topological polar surface area (TPSA) is 73.6 Å². The average molecular weight is 264 g/mol. The number of ether oxygens (including phenoxy) is 2. The molecule has 1 aliphatic heterocycles. The summed E-state index contributed by atoms with van der Waals surface area (Å²) in [6, 6.07) is 5.56. The van der Waals surface area contributed by atoms with Crippen LogP contribution in [0.15, 0.2) is 18.2 Å². The van der Waals surface area contributed by atoms with E-state index < -0.39 is 0 Å². The minimum absolute atomic E-state index is 0.115. The summed E-state index contributed by atoms with van der Waals surface area (Å²) in [5, 5.41) is 3.36. The highest BCUT2D eigenvalue weighted by Gasteiger charge is 2.32. The Morgan fingerprint density at radius 2 is 2.16 bits per heavy atom. The molecule has 1 heterocycles. The number of rotatable bonds is 4. The maximum Gasteiger partial charge on any atom is 0.222 e. The molecule has 2 rings (SSSR count). The van der Waals surface area contributed by atoms with Gasteiger partial charge in [-0.15, -0.1) is 0 Å². The number of para-hydroxylation sites is 1. The van der Waals surface area contributed by atoms with Crippen LogP contribution in [0.1, 0.15) is 24.4 Å². The van der Waals surface area contributed by atoms with Crippen LogP contribution in [0.4, 0.5) is 0 Å². The van der Waals surface area contributed by atoms with E-state index in [-0.39, 0.29) is 17.9 Å². The zero-order valence-electron chi connectivity index (χ0n) is 11.3. The van der Waals surface area contributed by atoms with Gasteiger partial charge in [0.15, 0.2) is 11.5 Å². The molecule has 0 spiro atoms. The van der Waals surface area contributed by atoms with Gasteiger partial charge in [0.25, 0.3) is 0 Å². The Kier molecular flexibility index (Phi) is 4.27. The molecule has 0 radical (unpaired) electrons. The zero-order chi connectivity index (χ0) is 13.8. The quantitative estimate of drug-likeness (QED) is 0.858. The first kappa shape index (κ1) is 13.7. The van der Waals surface area contributed by atoms with Crippen LogP contribution in [-0.4, -0.2) is 26.7 Å². The molecule has 3 N–H and O–H groups in total. The number of piperidine rings is 1. The molecule has 1 saturated heterocycles. The van der Waals surface area contributed by atoms with Crippen LogP contribution in [0.5, 0.6) is 11.5 Å². The number of nitrogens with two attached hydrogens (primary N) is 1. The molecular weight excluding hydrogens is 244 g/mol. The van der Waals surface area contributed by atoms with Gasteiger partial charge in [-0.3, -0.25) is 4.79 Å². The summed E-state index contributed by atoms with van der Waals surface area (Å²) >= 11 is 0. The van der Waals surface area contributed by atoms with Crippen LogP contribution in [0.3, 0.4) is 0 Å². The average Bonchev–Trinajstić information content (AvgIpc) is 2.46. The van der Waals surface area contributed by atoms with Crippen molar-refractivity contribution in [2.24, 2.45) is 11.7 Å². The Morgan fingerprint density at radius 3 is 2.79 bits per heavy atom. The van der Waals surface area contributed by atoms with E-state index >= 15 is 0 Å². The second-order valence-electron chi connectivity index (χ2n) is 4.67. The standard InChI is InChI=1S/C14H20N2O3/c1-18-11-7-3-5-9(13(11)19-2)12-10(14(15)17)6-4-8-16-12/h3,5,7,10,12,16H,4,6,8H2,1-2H3,(H2,15,17). The van der Waals surface area contributed by atoms with Gasteiger partial charge in [-0.1, -0.05) is 12.1 Å². The Morgan fingerprint density at radius 1 is 1.37 bits per heavy atom. The van der Waals surface area contributed by atoms with Crippen molar-refractivity contribution < 1.29 is 14.3 Å². The highest BCUT2D eigenvalue weighted by Crippen LogP contribution is 2.39. The second-order valence-corrected chi connectivity index (χ2v) is 4.67. The number of benzene rings is 1. The van der Waals surface area contributed by atoms with E-state index in [0.29, 0.717) is 11.5 Å². The third-order valence-electron chi connectivity index (χ3n) is 3.59. The maximum atomic E-state index is 11.6. The van der Waals surface area contributed by atoms with E-state index in [2.05, 4.69) is 5.32 Å². The van der Waals surface area contributed by atoms with Crippen LogP contribution in [-0.2, 0) is 4.79 Å². The molecule has 0 aliphatic carbocycles.